The molecule has 0 aromatic heterocycles. The topological polar surface area (TPSA) is 45.4 Å². The van der Waals surface area contributed by atoms with Crippen molar-refractivity contribution in [2.75, 3.05) is 0 Å². The van der Waals surface area contributed by atoms with Gasteiger partial charge in [-0.15, -0.1) is 5.16 Å². The Morgan fingerprint density at radius 3 is 1.67 bits per heavy atom. The lowest BCUT2D eigenvalue weighted by Gasteiger charge is -2.30. The molecule has 3 aromatic carbocycles. The van der Waals surface area contributed by atoms with Crippen LogP contribution in [-0.2, 0) is 4.53 Å². The van der Waals surface area contributed by atoms with E-state index in [9.17, 15) is 0 Å². The molecule has 0 unspecified atom stereocenters. The van der Waals surface area contributed by atoms with Crippen LogP contribution in [0.2, 0.25) is 0 Å². The lowest BCUT2D eigenvalue weighted by Crippen LogP contribution is -2.68. The van der Waals surface area contributed by atoms with Crippen LogP contribution >= 0.6 is 0 Å². The van der Waals surface area contributed by atoms with E-state index < -0.39 is 8.32 Å². The monoisotopic (exact) mass is 412 g/mol. The van der Waals surface area contributed by atoms with Gasteiger partial charge in [0.1, 0.15) is 0 Å². The maximum atomic E-state index is 8.90. The summed E-state index contributed by atoms with van der Waals surface area (Å²) in [7, 11) is -2.82. The van der Waals surface area contributed by atoms with Gasteiger partial charge in [0.05, 0.1) is 11.8 Å². The van der Waals surface area contributed by atoms with Gasteiger partial charge in [0, 0.05) is 6.42 Å². The summed E-state index contributed by atoms with van der Waals surface area (Å²) in [6, 6.07) is 33.6. The SMILES string of the molecule is CCC/C(CCCC#N)=N\O[Si](c1ccccc1)(c1ccccc1)c1ccccc1. The van der Waals surface area contributed by atoms with Crippen LogP contribution in [-0.4, -0.2) is 14.0 Å². The molecule has 3 rings (SSSR count). The van der Waals surface area contributed by atoms with Crippen molar-refractivity contribution < 1.29 is 4.53 Å². The fourth-order valence-electron chi connectivity index (χ4n) is 3.69. The number of hydrogen-bond acceptors (Lipinski definition) is 3. The summed E-state index contributed by atoms with van der Waals surface area (Å²) in [5.74, 6) is 0. The van der Waals surface area contributed by atoms with Crippen LogP contribution in [0.4, 0.5) is 0 Å². The Hall–Kier alpha value is -3.16. The van der Waals surface area contributed by atoms with E-state index in [0.29, 0.717) is 6.42 Å². The molecule has 0 heterocycles. The fraction of sp³-hybridized carbons (Fsp3) is 0.231. The second kappa shape index (κ2) is 11.1. The minimum atomic E-state index is -2.82. The molecule has 0 bridgehead atoms. The van der Waals surface area contributed by atoms with Gasteiger partial charge in [0.2, 0.25) is 0 Å². The van der Waals surface area contributed by atoms with Crippen LogP contribution < -0.4 is 15.6 Å². The maximum Gasteiger partial charge on any atom is 0.380 e. The van der Waals surface area contributed by atoms with Crippen LogP contribution in [0.3, 0.4) is 0 Å². The molecule has 0 aliphatic carbocycles. The highest BCUT2D eigenvalue weighted by atomic mass is 28.4. The molecule has 0 aliphatic rings. The van der Waals surface area contributed by atoms with Gasteiger partial charge in [0.25, 0.3) is 0 Å². The summed E-state index contributed by atoms with van der Waals surface area (Å²) in [5.41, 5.74) is 1.03. The Morgan fingerprint density at radius 2 is 1.27 bits per heavy atom. The van der Waals surface area contributed by atoms with Gasteiger partial charge >= 0.3 is 8.32 Å². The van der Waals surface area contributed by atoms with Gasteiger partial charge in [-0.3, -0.25) is 0 Å². The minimum Gasteiger partial charge on any atom is -0.438 e. The number of oxime groups is 1. The molecule has 0 saturated carbocycles. The third-order valence-corrected chi connectivity index (χ3v) is 8.95. The normalized spacial score (nSPS) is 11.7. The Balaban J connectivity index is 2.13. The molecule has 3 aromatic rings. The number of benzene rings is 3. The van der Waals surface area contributed by atoms with Gasteiger partial charge in [-0.05, 0) is 34.8 Å². The first-order valence-corrected chi connectivity index (χ1v) is 12.5. The lowest BCUT2D eigenvalue weighted by atomic mass is 10.1. The standard InChI is InChI=1S/C26H28N2OSi/c1-2-14-23(15-12-13-22-27)28-29-30(24-16-6-3-7-17-24,25-18-8-4-9-19-25)26-20-10-5-11-21-26/h3-11,16-21H,2,12-15H2,1H3/b28-23+. The van der Waals surface area contributed by atoms with Gasteiger partial charge < -0.3 is 4.53 Å². The molecular weight excluding hydrogens is 384 g/mol. The van der Waals surface area contributed by atoms with Crippen LogP contribution in [0.5, 0.6) is 0 Å². The van der Waals surface area contributed by atoms with Gasteiger partial charge in [-0.1, -0.05) is 104 Å². The zero-order valence-corrected chi connectivity index (χ0v) is 18.5. The van der Waals surface area contributed by atoms with Crippen molar-refractivity contribution in [3.05, 3.63) is 91.0 Å². The van der Waals surface area contributed by atoms with Gasteiger partial charge in [0.15, 0.2) is 0 Å². The Kier molecular flexibility index (Phi) is 7.99. The summed E-state index contributed by atoms with van der Waals surface area (Å²) < 4.78 is 6.68. The molecular formula is C26H28N2OSi. The minimum absolute atomic E-state index is 0.543. The Morgan fingerprint density at radius 1 is 0.800 bits per heavy atom. The van der Waals surface area contributed by atoms with Crippen molar-refractivity contribution in [1.29, 1.82) is 5.26 Å². The van der Waals surface area contributed by atoms with Crippen molar-refractivity contribution in [1.82, 2.24) is 0 Å². The van der Waals surface area contributed by atoms with E-state index >= 15 is 0 Å². The fourth-order valence-corrected chi connectivity index (χ4v) is 7.25. The van der Waals surface area contributed by atoms with E-state index in [0.717, 1.165) is 31.4 Å². The summed E-state index contributed by atoms with van der Waals surface area (Å²) in [6.07, 6.45) is 4.04. The Bertz CT molecular complexity index is 870. The van der Waals surface area contributed by atoms with E-state index in [1.807, 2.05) is 18.2 Å². The molecule has 0 atom stereocenters. The van der Waals surface area contributed by atoms with E-state index in [2.05, 4.69) is 85.8 Å². The number of unbranched alkanes of at least 4 members (excludes halogenated alkanes) is 1. The third-order valence-electron chi connectivity index (χ3n) is 5.15. The summed E-state index contributed by atoms with van der Waals surface area (Å²) in [6.45, 7) is 2.15. The van der Waals surface area contributed by atoms with E-state index in [1.54, 1.807) is 0 Å². The van der Waals surface area contributed by atoms with Gasteiger partial charge in [-0.2, -0.15) is 5.26 Å². The summed E-state index contributed by atoms with van der Waals surface area (Å²) in [5, 5.41) is 17.2. The molecule has 4 heteroatoms. The highest BCUT2D eigenvalue weighted by Crippen LogP contribution is 2.12. The average molecular weight is 413 g/mol. The van der Waals surface area contributed by atoms with E-state index in [-0.39, 0.29) is 0 Å². The first kappa shape index (κ1) is 21.5. The van der Waals surface area contributed by atoms with Crippen LogP contribution in [0, 0.1) is 11.3 Å². The number of nitrogens with zero attached hydrogens (tertiary/aromatic N) is 2. The van der Waals surface area contributed by atoms with Crippen LogP contribution in [0.25, 0.3) is 0 Å². The smallest absolute Gasteiger partial charge is 0.380 e. The predicted octanol–water partition coefficient (Wildman–Crippen LogP) is 4.52. The van der Waals surface area contributed by atoms with Crippen molar-refractivity contribution in [3.8, 4) is 6.07 Å². The van der Waals surface area contributed by atoms with Crippen molar-refractivity contribution >= 4 is 29.6 Å². The van der Waals surface area contributed by atoms with E-state index in [4.69, 9.17) is 14.9 Å². The van der Waals surface area contributed by atoms with Crippen LogP contribution in [0.15, 0.2) is 96.2 Å². The largest absolute Gasteiger partial charge is 0.438 e. The molecule has 0 radical (unpaired) electrons. The van der Waals surface area contributed by atoms with Crippen molar-refractivity contribution in [3.63, 3.8) is 0 Å². The summed E-state index contributed by atoms with van der Waals surface area (Å²) >= 11 is 0. The van der Waals surface area contributed by atoms with Crippen molar-refractivity contribution in [2.45, 2.75) is 39.0 Å². The highest BCUT2D eigenvalue weighted by molar-refractivity contribution is 7.07. The molecule has 0 saturated heterocycles. The first-order chi connectivity index (χ1) is 14.8. The lowest BCUT2D eigenvalue weighted by molar-refractivity contribution is 0.345. The molecule has 0 spiro atoms. The zero-order valence-electron chi connectivity index (χ0n) is 17.5. The van der Waals surface area contributed by atoms with E-state index in [1.165, 1.54) is 15.6 Å². The van der Waals surface area contributed by atoms with Crippen LogP contribution in [0.1, 0.15) is 39.0 Å². The molecule has 3 nitrogen and oxygen atoms in total. The molecule has 30 heavy (non-hydrogen) atoms. The summed E-state index contributed by atoms with van der Waals surface area (Å²) in [4.78, 5) is 0. The Labute approximate surface area is 180 Å². The molecule has 152 valence electrons. The molecule has 0 aliphatic heterocycles. The predicted molar refractivity (Wildman–Crippen MR) is 127 cm³/mol. The quantitative estimate of drug-likeness (QED) is 0.162. The van der Waals surface area contributed by atoms with Gasteiger partial charge in [-0.25, -0.2) is 0 Å². The number of rotatable bonds is 10. The van der Waals surface area contributed by atoms with Crippen molar-refractivity contribution in [2.24, 2.45) is 5.16 Å². The second-order valence-electron chi connectivity index (χ2n) is 7.29. The number of hydrogen-bond donors (Lipinski definition) is 0. The molecule has 0 amide bonds. The third kappa shape index (κ3) is 5.06. The average Bonchev–Trinajstić information content (AvgIpc) is 2.82. The second-order valence-corrected chi connectivity index (χ2v) is 10.6. The molecule has 0 fully saturated rings. The zero-order chi connectivity index (χ0) is 21.1. The molecule has 0 N–H and O–H groups in total. The highest BCUT2D eigenvalue weighted by Gasteiger charge is 2.44. The first-order valence-electron chi connectivity index (χ1n) is 10.6. The maximum absolute atomic E-state index is 8.90. The number of nitriles is 1.